The first-order valence-corrected chi connectivity index (χ1v) is 6.57. The maximum Gasteiger partial charge on any atom is 0.255 e. The van der Waals surface area contributed by atoms with E-state index in [1.54, 1.807) is 10.6 Å². The zero-order valence-corrected chi connectivity index (χ0v) is 11.6. The summed E-state index contributed by atoms with van der Waals surface area (Å²) in [6.45, 7) is 6.61. The number of hydrogen-bond donors (Lipinski definition) is 1. The Labute approximate surface area is 112 Å². The van der Waals surface area contributed by atoms with Gasteiger partial charge in [-0.05, 0) is 25.7 Å². The van der Waals surface area contributed by atoms with Gasteiger partial charge < -0.3 is 5.32 Å². The first-order valence-electron chi connectivity index (χ1n) is 6.19. The van der Waals surface area contributed by atoms with E-state index >= 15 is 0 Å². The predicted octanol–water partition coefficient (Wildman–Crippen LogP) is 3.01. The fourth-order valence-corrected chi connectivity index (χ4v) is 1.97. The summed E-state index contributed by atoms with van der Waals surface area (Å²) in [5, 5.41) is 7.96. The molecule has 0 aliphatic rings. The van der Waals surface area contributed by atoms with Gasteiger partial charge in [-0.2, -0.15) is 19.6 Å². The summed E-state index contributed by atoms with van der Waals surface area (Å²) >= 11 is 5.96. The van der Waals surface area contributed by atoms with Crippen molar-refractivity contribution in [2.75, 3.05) is 5.32 Å². The zero-order chi connectivity index (χ0) is 13.1. The van der Waals surface area contributed by atoms with E-state index in [0.29, 0.717) is 22.9 Å². The van der Waals surface area contributed by atoms with Crippen molar-refractivity contribution in [3.8, 4) is 0 Å². The third-order valence-corrected chi connectivity index (χ3v) is 2.99. The molecule has 98 valence electrons. The van der Waals surface area contributed by atoms with E-state index in [1.807, 2.05) is 0 Å². The molecule has 0 saturated carbocycles. The maximum absolute atomic E-state index is 5.96. The van der Waals surface area contributed by atoms with Gasteiger partial charge in [0.25, 0.3) is 5.78 Å². The summed E-state index contributed by atoms with van der Waals surface area (Å²) in [7, 11) is 0. The number of hydrogen-bond acceptors (Lipinski definition) is 4. The standard InChI is InChI=1S/C12H18ClN5/c1-8(2)4-5-9(3)16-11-6-10(13)17-12-14-7-15-18(11)12/h6-9,16H,4-5H2,1-3H3. The first-order chi connectivity index (χ1) is 8.56. The summed E-state index contributed by atoms with van der Waals surface area (Å²) in [6.07, 6.45) is 3.77. The molecule has 2 heterocycles. The number of nitrogens with one attached hydrogen (secondary N) is 1. The molecule has 0 aliphatic heterocycles. The van der Waals surface area contributed by atoms with Crippen LogP contribution in [0.2, 0.25) is 5.15 Å². The second-order valence-corrected chi connectivity index (χ2v) is 5.34. The van der Waals surface area contributed by atoms with E-state index in [4.69, 9.17) is 11.6 Å². The molecule has 0 aliphatic carbocycles. The molecule has 2 aromatic rings. The van der Waals surface area contributed by atoms with Gasteiger partial charge in [0.2, 0.25) is 0 Å². The summed E-state index contributed by atoms with van der Waals surface area (Å²) in [6, 6.07) is 2.13. The number of rotatable bonds is 5. The Balaban J connectivity index is 2.13. The van der Waals surface area contributed by atoms with Crippen molar-refractivity contribution in [1.82, 2.24) is 19.6 Å². The Kier molecular flexibility index (Phi) is 4.01. The third kappa shape index (κ3) is 3.10. The van der Waals surface area contributed by atoms with Crippen LogP contribution in [0.4, 0.5) is 5.82 Å². The summed E-state index contributed by atoms with van der Waals surface area (Å²) in [5.41, 5.74) is 0. The molecule has 1 atom stereocenters. The van der Waals surface area contributed by atoms with Gasteiger partial charge in [-0.15, -0.1) is 0 Å². The minimum atomic E-state index is 0.360. The fourth-order valence-electron chi connectivity index (χ4n) is 1.79. The molecule has 5 nitrogen and oxygen atoms in total. The second kappa shape index (κ2) is 5.52. The minimum Gasteiger partial charge on any atom is -0.367 e. The Morgan fingerprint density at radius 1 is 1.33 bits per heavy atom. The van der Waals surface area contributed by atoms with Crippen molar-refractivity contribution >= 4 is 23.2 Å². The summed E-state index contributed by atoms with van der Waals surface area (Å²) in [4.78, 5) is 8.13. The lowest BCUT2D eigenvalue weighted by atomic mass is 10.0. The predicted molar refractivity (Wildman–Crippen MR) is 72.9 cm³/mol. The Bertz CT molecular complexity index is 522. The molecule has 0 fully saturated rings. The number of aromatic nitrogens is 4. The van der Waals surface area contributed by atoms with Gasteiger partial charge in [-0.25, -0.2) is 0 Å². The van der Waals surface area contributed by atoms with E-state index in [-0.39, 0.29) is 0 Å². The molecule has 2 aromatic heterocycles. The van der Waals surface area contributed by atoms with Crippen LogP contribution >= 0.6 is 11.6 Å². The Morgan fingerprint density at radius 3 is 2.83 bits per heavy atom. The third-order valence-electron chi connectivity index (χ3n) is 2.79. The average Bonchev–Trinajstić information content (AvgIpc) is 2.74. The molecular weight excluding hydrogens is 250 g/mol. The highest BCUT2D eigenvalue weighted by Crippen LogP contribution is 2.17. The molecule has 0 spiro atoms. The van der Waals surface area contributed by atoms with Crippen molar-refractivity contribution in [3.63, 3.8) is 0 Å². The zero-order valence-electron chi connectivity index (χ0n) is 10.9. The van der Waals surface area contributed by atoms with Gasteiger partial charge in [-0.3, -0.25) is 0 Å². The van der Waals surface area contributed by atoms with E-state index in [2.05, 4.69) is 41.2 Å². The molecule has 18 heavy (non-hydrogen) atoms. The largest absolute Gasteiger partial charge is 0.367 e. The molecule has 0 bridgehead atoms. The highest BCUT2D eigenvalue weighted by atomic mass is 35.5. The van der Waals surface area contributed by atoms with E-state index in [1.165, 1.54) is 12.7 Å². The van der Waals surface area contributed by atoms with Crippen LogP contribution in [0.5, 0.6) is 0 Å². The van der Waals surface area contributed by atoms with Crippen LogP contribution in [0.3, 0.4) is 0 Å². The highest BCUT2D eigenvalue weighted by molar-refractivity contribution is 6.29. The monoisotopic (exact) mass is 267 g/mol. The summed E-state index contributed by atoms with van der Waals surface area (Å²) in [5.74, 6) is 2.06. The van der Waals surface area contributed by atoms with Crippen molar-refractivity contribution in [1.29, 1.82) is 0 Å². The van der Waals surface area contributed by atoms with E-state index < -0.39 is 0 Å². The molecule has 1 N–H and O–H groups in total. The number of nitrogens with zero attached hydrogens (tertiary/aromatic N) is 4. The van der Waals surface area contributed by atoms with Gasteiger partial charge in [0.1, 0.15) is 17.3 Å². The Morgan fingerprint density at radius 2 is 2.11 bits per heavy atom. The van der Waals surface area contributed by atoms with Crippen molar-refractivity contribution in [3.05, 3.63) is 17.5 Å². The SMILES string of the molecule is CC(C)CCC(C)Nc1cc(Cl)nc2ncnn12. The average molecular weight is 268 g/mol. The summed E-state index contributed by atoms with van der Waals surface area (Å²) < 4.78 is 1.66. The smallest absolute Gasteiger partial charge is 0.255 e. The fraction of sp³-hybridized carbons (Fsp3) is 0.583. The highest BCUT2D eigenvalue weighted by Gasteiger charge is 2.09. The molecular formula is C12H18ClN5. The normalized spacial score (nSPS) is 13.2. The van der Waals surface area contributed by atoms with Crippen molar-refractivity contribution < 1.29 is 0 Å². The molecule has 0 saturated heterocycles. The minimum absolute atomic E-state index is 0.360. The van der Waals surface area contributed by atoms with Crippen LogP contribution in [0.1, 0.15) is 33.6 Å². The lowest BCUT2D eigenvalue weighted by Gasteiger charge is -2.16. The second-order valence-electron chi connectivity index (χ2n) is 4.95. The van der Waals surface area contributed by atoms with Gasteiger partial charge in [0.15, 0.2) is 0 Å². The molecule has 0 amide bonds. The van der Waals surface area contributed by atoms with Crippen LogP contribution in [0.15, 0.2) is 12.4 Å². The van der Waals surface area contributed by atoms with Crippen LogP contribution in [0, 0.1) is 5.92 Å². The van der Waals surface area contributed by atoms with Crippen LogP contribution in [-0.2, 0) is 0 Å². The lowest BCUT2D eigenvalue weighted by molar-refractivity contribution is 0.526. The first kappa shape index (κ1) is 13.1. The molecule has 1 unspecified atom stereocenters. The van der Waals surface area contributed by atoms with Crippen molar-refractivity contribution in [2.45, 2.75) is 39.7 Å². The van der Waals surface area contributed by atoms with E-state index in [9.17, 15) is 0 Å². The topological polar surface area (TPSA) is 55.1 Å². The van der Waals surface area contributed by atoms with Gasteiger partial charge in [0, 0.05) is 12.1 Å². The maximum atomic E-state index is 5.96. The van der Waals surface area contributed by atoms with Crippen LogP contribution in [-0.4, -0.2) is 25.6 Å². The van der Waals surface area contributed by atoms with Crippen molar-refractivity contribution in [2.24, 2.45) is 5.92 Å². The lowest BCUT2D eigenvalue weighted by Crippen LogP contribution is -2.18. The quantitative estimate of drug-likeness (QED) is 0.846. The number of fused-ring (bicyclic) bond motifs is 1. The van der Waals surface area contributed by atoms with E-state index in [0.717, 1.165) is 12.2 Å². The van der Waals surface area contributed by atoms with Gasteiger partial charge in [0.05, 0.1) is 0 Å². The molecule has 2 rings (SSSR count). The molecule has 0 radical (unpaired) electrons. The van der Waals surface area contributed by atoms with Crippen LogP contribution in [0.25, 0.3) is 5.78 Å². The molecule has 0 aromatic carbocycles. The number of anilines is 1. The van der Waals surface area contributed by atoms with Gasteiger partial charge >= 0.3 is 0 Å². The number of halogens is 1. The Hall–Kier alpha value is -1.36. The van der Waals surface area contributed by atoms with Gasteiger partial charge in [-0.1, -0.05) is 25.4 Å². The van der Waals surface area contributed by atoms with Crippen LogP contribution < -0.4 is 5.32 Å². The molecule has 6 heteroatoms.